The van der Waals surface area contributed by atoms with E-state index < -0.39 is 0 Å². The summed E-state index contributed by atoms with van der Waals surface area (Å²) in [5.41, 5.74) is 3.36. The highest BCUT2D eigenvalue weighted by Gasteiger charge is 2.07. The highest BCUT2D eigenvalue weighted by atomic mass is 35.5. The van der Waals surface area contributed by atoms with Gasteiger partial charge in [0.25, 0.3) is 0 Å². The average molecular weight is 268 g/mol. The number of aryl methyl sites for hydroxylation is 1. The van der Waals surface area contributed by atoms with Crippen LogP contribution in [0.15, 0.2) is 36.4 Å². The van der Waals surface area contributed by atoms with Gasteiger partial charge in [0.05, 0.1) is 33.6 Å². The molecule has 0 aliphatic carbocycles. The number of nitrogens with one attached hydrogen (secondary N) is 1. The number of nitrogens with zero attached hydrogens (tertiary/aromatic N) is 2. The molecular weight excluding hydrogens is 258 g/mol. The first kappa shape index (κ1) is 13.0. The number of benzene rings is 2. The molecule has 0 aliphatic rings. The van der Waals surface area contributed by atoms with Gasteiger partial charge in [-0.25, -0.2) is 0 Å². The topological polar surface area (TPSA) is 59.6 Å². The lowest BCUT2D eigenvalue weighted by Gasteiger charge is -2.11. The minimum Gasteiger partial charge on any atom is -0.353 e. The minimum absolute atomic E-state index is 0.449. The molecule has 0 aliphatic heterocycles. The van der Waals surface area contributed by atoms with Crippen LogP contribution in [0.5, 0.6) is 0 Å². The maximum atomic E-state index is 9.16. The Morgan fingerprint density at radius 1 is 1.05 bits per heavy atom. The first-order valence-electron chi connectivity index (χ1n) is 5.62. The average Bonchev–Trinajstić information content (AvgIpc) is 2.41. The molecule has 4 heteroatoms. The van der Waals surface area contributed by atoms with Crippen molar-refractivity contribution in [1.29, 1.82) is 10.5 Å². The molecule has 0 spiro atoms. The lowest BCUT2D eigenvalue weighted by Crippen LogP contribution is -1.96. The number of hydrogen-bond acceptors (Lipinski definition) is 3. The van der Waals surface area contributed by atoms with Crippen molar-refractivity contribution in [3.63, 3.8) is 0 Å². The molecule has 0 saturated heterocycles. The Morgan fingerprint density at radius 2 is 1.84 bits per heavy atom. The van der Waals surface area contributed by atoms with Gasteiger partial charge in [0.15, 0.2) is 0 Å². The zero-order valence-electron chi connectivity index (χ0n) is 10.2. The van der Waals surface area contributed by atoms with E-state index in [1.54, 1.807) is 18.2 Å². The van der Waals surface area contributed by atoms with E-state index in [0.29, 0.717) is 27.5 Å². The van der Waals surface area contributed by atoms with E-state index in [4.69, 9.17) is 22.1 Å². The molecule has 0 amide bonds. The first-order chi connectivity index (χ1) is 9.15. The standard InChI is InChI=1S/C15H10ClN3/c1-10-3-2-4-14(12(10)9-18)19-15-6-5-11(8-17)7-13(15)16/h2-7,19H,1H3. The van der Waals surface area contributed by atoms with Gasteiger partial charge in [0, 0.05) is 0 Å². The lowest BCUT2D eigenvalue weighted by molar-refractivity contribution is 1.38. The maximum absolute atomic E-state index is 9.16. The van der Waals surface area contributed by atoms with Gasteiger partial charge >= 0.3 is 0 Å². The van der Waals surface area contributed by atoms with E-state index in [-0.39, 0.29) is 0 Å². The number of anilines is 2. The van der Waals surface area contributed by atoms with Crippen molar-refractivity contribution >= 4 is 23.0 Å². The summed E-state index contributed by atoms with van der Waals surface area (Å²) in [6, 6.07) is 14.8. The van der Waals surface area contributed by atoms with Crippen LogP contribution < -0.4 is 5.32 Å². The third-order valence-electron chi connectivity index (χ3n) is 2.75. The normalized spacial score (nSPS) is 9.47. The summed E-state index contributed by atoms with van der Waals surface area (Å²) in [6.07, 6.45) is 0. The van der Waals surface area contributed by atoms with Gasteiger partial charge in [0.1, 0.15) is 6.07 Å². The van der Waals surface area contributed by atoms with Crippen molar-refractivity contribution in [2.75, 3.05) is 5.32 Å². The summed E-state index contributed by atoms with van der Waals surface area (Å²) < 4.78 is 0. The molecule has 0 aromatic heterocycles. The molecule has 0 unspecified atom stereocenters. The highest BCUT2D eigenvalue weighted by molar-refractivity contribution is 6.33. The third kappa shape index (κ3) is 2.68. The Labute approximate surface area is 116 Å². The van der Waals surface area contributed by atoms with Gasteiger partial charge in [-0.3, -0.25) is 0 Å². The SMILES string of the molecule is Cc1cccc(Nc2ccc(C#N)cc2Cl)c1C#N. The zero-order valence-corrected chi connectivity index (χ0v) is 11.0. The molecule has 0 bridgehead atoms. The number of rotatable bonds is 2. The molecule has 0 atom stereocenters. The van der Waals surface area contributed by atoms with Crippen LogP contribution in [0, 0.1) is 29.6 Å². The molecule has 2 rings (SSSR count). The molecule has 2 aromatic carbocycles. The molecule has 0 fully saturated rings. The van der Waals surface area contributed by atoms with Crippen molar-refractivity contribution in [3.05, 3.63) is 58.1 Å². The largest absolute Gasteiger partial charge is 0.353 e. The van der Waals surface area contributed by atoms with Crippen LogP contribution >= 0.6 is 11.6 Å². The summed E-state index contributed by atoms with van der Waals surface area (Å²) in [6.45, 7) is 1.88. The smallest absolute Gasteiger partial charge is 0.102 e. The fraction of sp³-hybridized carbons (Fsp3) is 0.0667. The quantitative estimate of drug-likeness (QED) is 0.890. The Kier molecular flexibility index (Phi) is 3.71. The van der Waals surface area contributed by atoms with E-state index in [1.165, 1.54) is 0 Å². The maximum Gasteiger partial charge on any atom is 0.102 e. The summed E-state index contributed by atoms with van der Waals surface area (Å²) in [7, 11) is 0. The fourth-order valence-electron chi connectivity index (χ4n) is 1.75. The van der Waals surface area contributed by atoms with Crippen LogP contribution in [0.3, 0.4) is 0 Å². The monoisotopic (exact) mass is 267 g/mol. The van der Waals surface area contributed by atoms with Crippen molar-refractivity contribution in [2.45, 2.75) is 6.92 Å². The molecule has 92 valence electrons. The van der Waals surface area contributed by atoms with Crippen molar-refractivity contribution in [1.82, 2.24) is 0 Å². The summed E-state index contributed by atoms with van der Waals surface area (Å²) in [5, 5.41) is 21.5. The van der Waals surface area contributed by atoms with E-state index in [0.717, 1.165) is 5.56 Å². The van der Waals surface area contributed by atoms with E-state index in [9.17, 15) is 0 Å². The number of hydrogen-bond donors (Lipinski definition) is 1. The van der Waals surface area contributed by atoms with Crippen LogP contribution in [0.1, 0.15) is 16.7 Å². The fourth-order valence-corrected chi connectivity index (χ4v) is 1.98. The van der Waals surface area contributed by atoms with Gasteiger partial charge in [-0.2, -0.15) is 10.5 Å². The van der Waals surface area contributed by atoms with Gasteiger partial charge in [-0.1, -0.05) is 23.7 Å². The molecule has 0 radical (unpaired) electrons. The van der Waals surface area contributed by atoms with Crippen molar-refractivity contribution in [3.8, 4) is 12.1 Å². The highest BCUT2D eigenvalue weighted by Crippen LogP contribution is 2.28. The van der Waals surface area contributed by atoms with Gasteiger partial charge in [-0.05, 0) is 36.8 Å². The van der Waals surface area contributed by atoms with Gasteiger partial charge in [-0.15, -0.1) is 0 Å². The van der Waals surface area contributed by atoms with Crippen LogP contribution in [-0.2, 0) is 0 Å². The number of halogens is 1. The molecule has 19 heavy (non-hydrogen) atoms. The van der Waals surface area contributed by atoms with Crippen molar-refractivity contribution < 1.29 is 0 Å². The van der Waals surface area contributed by atoms with Crippen molar-refractivity contribution in [2.24, 2.45) is 0 Å². The van der Waals surface area contributed by atoms with E-state index in [1.807, 2.05) is 31.2 Å². The second-order valence-corrected chi connectivity index (χ2v) is 4.45. The molecule has 3 nitrogen and oxygen atoms in total. The molecule has 0 saturated carbocycles. The predicted molar refractivity (Wildman–Crippen MR) is 75.3 cm³/mol. The third-order valence-corrected chi connectivity index (χ3v) is 3.06. The zero-order chi connectivity index (χ0) is 13.8. The molecule has 0 heterocycles. The Bertz CT molecular complexity index is 708. The molecule has 1 N–H and O–H groups in total. The van der Waals surface area contributed by atoms with Crippen LogP contribution in [-0.4, -0.2) is 0 Å². The van der Waals surface area contributed by atoms with E-state index >= 15 is 0 Å². The second kappa shape index (κ2) is 5.44. The first-order valence-corrected chi connectivity index (χ1v) is 6.00. The Balaban J connectivity index is 2.41. The Morgan fingerprint density at radius 3 is 2.47 bits per heavy atom. The van der Waals surface area contributed by atoms with E-state index in [2.05, 4.69) is 11.4 Å². The summed E-state index contributed by atoms with van der Waals surface area (Å²) in [5.74, 6) is 0. The lowest BCUT2D eigenvalue weighted by atomic mass is 10.1. The number of nitriles is 2. The van der Waals surface area contributed by atoms with Gasteiger partial charge in [0.2, 0.25) is 0 Å². The van der Waals surface area contributed by atoms with Crippen LogP contribution in [0.25, 0.3) is 0 Å². The van der Waals surface area contributed by atoms with Crippen LogP contribution in [0.4, 0.5) is 11.4 Å². The Hall–Kier alpha value is -2.49. The summed E-state index contributed by atoms with van der Waals surface area (Å²) >= 11 is 6.10. The predicted octanol–water partition coefficient (Wildman–Crippen LogP) is 4.14. The minimum atomic E-state index is 0.449. The van der Waals surface area contributed by atoms with Crippen LogP contribution in [0.2, 0.25) is 5.02 Å². The van der Waals surface area contributed by atoms with Gasteiger partial charge < -0.3 is 5.32 Å². The second-order valence-electron chi connectivity index (χ2n) is 4.04. The molecule has 2 aromatic rings. The summed E-state index contributed by atoms with van der Waals surface area (Å²) in [4.78, 5) is 0. The molecular formula is C15H10ClN3.